The predicted octanol–water partition coefficient (Wildman–Crippen LogP) is 3.77. The Morgan fingerprint density at radius 1 is 1.17 bits per heavy atom. The van der Waals surface area contributed by atoms with Crippen LogP contribution in [0.15, 0.2) is 53.1 Å². The highest BCUT2D eigenvalue weighted by atomic mass is 79.9. The number of aromatic nitrogens is 2. The summed E-state index contributed by atoms with van der Waals surface area (Å²) in [5.41, 5.74) is 3.05. The number of fused-ring (bicyclic) bond motifs is 1. The summed E-state index contributed by atoms with van der Waals surface area (Å²) >= 11 is 3.44. The smallest absolute Gasteiger partial charge is 0.119 e. The van der Waals surface area contributed by atoms with Gasteiger partial charge in [0.2, 0.25) is 0 Å². The lowest BCUT2D eigenvalue weighted by Crippen LogP contribution is -1.87. The van der Waals surface area contributed by atoms with Crippen LogP contribution in [0.1, 0.15) is 0 Å². The first-order valence-corrected chi connectivity index (χ1v) is 6.35. The van der Waals surface area contributed by atoms with E-state index in [1.54, 1.807) is 7.11 Å². The normalized spacial score (nSPS) is 10.8. The number of nitrogens with zero attached hydrogens (tertiary/aromatic N) is 2. The van der Waals surface area contributed by atoms with Gasteiger partial charge in [-0.05, 0) is 46.3 Å². The molecule has 4 heteroatoms. The Balaban J connectivity index is 2.13. The van der Waals surface area contributed by atoms with Crippen LogP contribution in [0.2, 0.25) is 0 Å². The minimum absolute atomic E-state index is 0.839. The summed E-state index contributed by atoms with van der Waals surface area (Å²) in [4.78, 5) is 0. The van der Waals surface area contributed by atoms with E-state index in [1.807, 2.05) is 47.1 Å². The van der Waals surface area contributed by atoms with Crippen molar-refractivity contribution in [1.29, 1.82) is 0 Å². The van der Waals surface area contributed by atoms with Crippen LogP contribution >= 0.6 is 15.9 Å². The SMILES string of the molecule is COc1cccc(-c2cc3ccc(Br)cn3n2)c1. The monoisotopic (exact) mass is 302 g/mol. The van der Waals surface area contributed by atoms with Gasteiger partial charge < -0.3 is 4.74 Å². The number of halogens is 1. The zero-order valence-electron chi connectivity index (χ0n) is 9.80. The number of methoxy groups -OCH3 is 1. The van der Waals surface area contributed by atoms with Crippen LogP contribution in [-0.4, -0.2) is 16.7 Å². The van der Waals surface area contributed by atoms with Crippen molar-refractivity contribution in [3.8, 4) is 17.0 Å². The van der Waals surface area contributed by atoms with Crippen LogP contribution in [0, 0.1) is 0 Å². The van der Waals surface area contributed by atoms with Crippen molar-refractivity contribution in [3.05, 3.63) is 53.1 Å². The largest absolute Gasteiger partial charge is 0.497 e. The Labute approximate surface area is 113 Å². The van der Waals surface area contributed by atoms with Crippen molar-refractivity contribution in [3.63, 3.8) is 0 Å². The third-order valence-corrected chi connectivity index (χ3v) is 3.26. The molecule has 0 aliphatic rings. The molecule has 0 N–H and O–H groups in total. The Kier molecular flexibility index (Phi) is 2.80. The first kappa shape index (κ1) is 11.3. The Bertz CT molecular complexity index is 706. The third kappa shape index (κ3) is 1.99. The van der Waals surface area contributed by atoms with Gasteiger partial charge in [-0.1, -0.05) is 12.1 Å². The van der Waals surface area contributed by atoms with Crippen LogP contribution < -0.4 is 4.74 Å². The molecule has 3 nitrogen and oxygen atoms in total. The second-order valence-electron chi connectivity index (χ2n) is 3.98. The molecule has 0 bridgehead atoms. The van der Waals surface area contributed by atoms with E-state index in [-0.39, 0.29) is 0 Å². The summed E-state index contributed by atoms with van der Waals surface area (Å²) in [5, 5.41) is 4.55. The molecule has 1 aromatic carbocycles. The van der Waals surface area contributed by atoms with E-state index in [0.29, 0.717) is 0 Å². The molecule has 18 heavy (non-hydrogen) atoms. The number of hydrogen-bond donors (Lipinski definition) is 0. The molecule has 0 radical (unpaired) electrons. The predicted molar refractivity (Wildman–Crippen MR) is 74.9 cm³/mol. The lowest BCUT2D eigenvalue weighted by atomic mass is 10.1. The number of hydrogen-bond acceptors (Lipinski definition) is 2. The molecule has 3 rings (SSSR count). The molecule has 0 aliphatic carbocycles. The van der Waals surface area contributed by atoms with Crippen LogP contribution in [0.5, 0.6) is 5.75 Å². The number of rotatable bonds is 2. The van der Waals surface area contributed by atoms with Gasteiger partial charge in [0, 0.05) is 16.2 Å². The van der Waals surface area contributed by atoms with Gasteiger partial charge in [-0.25, -0.2) is 4.52 Å². The fourth-order valence-electron chi connectivity index (χ4n) is 1.89. The van der Waals surface area contributed by atoms with Gasteiger partial charge in [-0.15, -0.1) is 0 Å². The highest BCUT2D eigenvalue weighted by molar-refractivity contribution is 9.10. The van der Waals surface area contributed by atoms with Gasteiger partial charge in [0.15, 0.2) is 0 Å². The van der Waals surface area contributed by atoms with Crippen molar-refractivity contribution in [2.24, 2.45) is 0 Å². The fraction of sp³-hybridized carbons (Fsp3) is 0.0714. The zero-order chi connectivity index (χ0) is 12.5. The summed E-state index contributed by atoms with van der Waals surface area (Å²) in [7, 11) is 1.67. The van der Waals surface area contributed by atoms with Crippen LogP contribution in [0.4, 0.5) is 0 Å². The lowest BCUT2D eigenvalue weighted by Gasteiger charge is -2.01. The first-order valence-electron chi connectivity index (χ1n) is 5.55. The highest BCUT2D eigenvalue weighted by Gasteiger charge is 2.05. The molecule has 2 aromatic heterocycles. The molecule has 0 fully saturated rings. The quantitative estimate of drug-likeness (QED) is 0.720. The second-order valence-corrected chi connectivity index (χ2v) is 4.89. The zero-order valence-corrected chi connectivity index (χ0v) is 11.4. The van der Waals surface area contributed by atoms with Crippen LogP contribution in [0.25, 0.3) is 16.8 Å². The molecule has 0 atom stereocenters. The van der Waals surface area contributed by atoms with Gasteiger partial charge in [0.1, 0.15) is 5.75 Å². The molecule has 0 unspecified atom stereocenters. The average Bonchev–Trinajstić information content (AvgIpc) is 2.81. The van der Waals surface area contributed by atoms with E-state index in [9.17, 15) is 0 Å². The summed E-state index contributed by atoms with van der Waals surface area (Å²) in [5.74, 6) is 0.839. The topological polar surface area (TPSA) is 26.5 Å². The van der Waals surface area contributed by atoms with Crippen molar-refractivity contribution in [2.45, 2.75) is 0 Å². The Morgan fingerprint density at radius 2 is 2.06 bits per heavy atom. The molecule has 0 amide bonds. The van der Waals surface area contributed by atoms with Crippen molar-refractivity contribution in [1.82, 2.24) is 9.61 Å². The molecular formula is C14H11BrN2O. The van der Waals surface area contributed by atoms with Crippen LogP contribution in [0.3, 0.4) is 0 Å². The van der Waals surface area contributed by atoms with Gasteiger partial charge in [-0.3, -0.25) is 0 Å². The van der Waals surface area contributed by atoms with Crippen molar-refractivity contribution >= 4 is 21.4 Å². The van der Waals surface area contributed by atoms with E-state index >= 15 is 0 Å². The molecule has 0 saturated heterocycles. The maximum Gasteiger partial charge on any atom is 0.119 e. The van der Waals surface area contributed by atoms with Crippen molar-refractivity contribution in [2.75, 3.05) is 7.11 Å². The molecule has 3 aromatic rings. The minimum atomic E-state index is 0.839. The average molecular weight is 303 g/mol. The Morgan fingerprint density at radius 3 is 2.89 bits per heavy atom. The number of ether oxygens (including phenoxy) is 1. The van der Waals surface area contributed by atoms with Gasteiger partial charge >= 0.3 is 0 Å². The molecular weight excluding hydrogens is 292 g/mol. The maximum atomic E-state index is 5.23. The number of pyridine rings is 1. The van der Waals surface area contributed by atoms with Crippen LogP contribution in [-0.2, 0) is 0 Å². The van der Waals surface area contributed by atoms with E-state index in [1.165, 1.54) is 0 Å². The second kappa shape index (κ2) is 4.46. The highest BCUT2D eigenvalue weighted by Crippen LogP contribution is 2.24. The van der Waals surface area contributed by atoms with Gasteiger partial charge in [-0.2, -0.15) is 5.10 Å². The lowest BCUT2D eigenvalue weighted by molar-refractivity contribution is 0.415. The summed E-state index contributed by atoms with van der Waals surface area (Å²) < 4.78 is 8.10. The van der Waals surface area contributed by atoms with E-state index in [2.05, 4.69) is 27.1 Å². The molecule has 0 aliphatic heterocycles. The number of benzene rings is 1. The standard InChI is InChI=1S/C14H11BrN2O/c1-18-13-4-2-3-10(7-13)14-8-12-6-5-11(15)9-17(12)16-14/h2-9H,1H3. The summed E-state index contributed by atoms with van der Waals surface area (Å²) in [6.07, 6.45) is 1.94. The summed E-state index contributed by atoms with van der Waals surface area (Å²) in [6.45, 7) is 0. The fourth-order valence-corrected chi connectivity index (χ4v) is 2.21. The van der Waals surface area contributed by atoms with Gasteiger partial charge in [0.25, 0.3) is 0 Å². The van der Waals surface area contributed by atoms with E-state index in [4.69, 9.17) is 4.74 Å². The third-order valence-electron chi connectivity index (χ3n) is 2.79. The maximum absolute atomic E-state index is 5.23. The molecule has 90 valence electrons. The van der Waals surface area contributed by atoms with Gasteiger partial charge in [0.05, 0.1) is 18.3 Å². The van der Waals surface area contributed by atoms with E-state index in [0.717, 1.165) is 27.0 Å². The minimum Gasteiger partial charge on any atom is -0.497 e. The molecule has 0 spiro atoms. The summed E-state index contributed by atoms with van der Waals surface area (Å²) in [6, 6.07) is 14.0. The molecule has 0 saturated carbocycles. The first-order chi connectivity index (χ1) is 8.76. The van der Waals surface area contributed by atoms with Crippen molar-refractivity contribution < 1.29 is 4.74 Å². The van der Waals surface area contributed by atoms with E-state index < -0.39 is 0 Å². The molecule has 2 heterocycles. The Hall–Kier alpha value is -1.81.